The Morgan fingerprint density at radius 2 is 1.76 bits per heavy atom. The number of amides is 1. The zero-order chi connectivity index (χ0) is 21.3. The quantitative estimate of drug-likeness (QED) is 0.332. The predicted octanol–water partition coefficient (Wildman–Crippen LogP) is 4.79. The highest BCUT2D eigenvalue weighted by molar-refractivity contribution is 7.54. The molecular formula is C19H23N2O7P. The molecule has 2 aromatic carbocycles. The summed E-state index contributed by atoms with van der Waals surface area (Å²) in [6.07, 6.45) is -0.856. The number of carbonyl (C=O) groups excluding carboxylic acids is 1. The SMILES string of the molecule is CCOP(=O)(OCC)[C@H](NC(=O)OCc1ccccc1)c1cccc([N+](=O)[O-])c1. The lowest BCUT2D eigenvalue weighted by molar-refractivity contribution is -0.384. The molecule has 0 heterocycles. The fourth-order valence-corrected chi connectivity index (χ4v) is 4.46. The highest BCUT2D eigenvalue weighted by Gasteiger charge is 2.39. The minimum atomic E-state index is -3.89. The molecule has 2 aromatic rings. The van der Waals surface area contributed by atoms with Crippen LogP contribution in [0.5, 0.6) is 0 Å². The molecule has 1 atom stereocenters. The maximum Gasteiger partial charge on any atom is 0.408 e. The number of rotatable bonds is 10. The number of non-ortho nitro benzene ring substituents is 1. The van der Waals surface area contributed by atoms with Crippen molar-refractivity contribution in [3.63, 3.8) is 0 Å². The summed E-state index contributed by atoms with van der Waals surface area (Å²) < 4.78 is 29.2. The van der Waals surface area contributed by atoms with Crippen molar-refractivity contribution in [1.82, 2.24) is 5.32 Å². The van der Waals surface area contributed by atoms with Gasteiger partial charge in [0.05, 0.1) is 18.1 Å². The predicted molar refractivity (Wildman–Crippen MR) is 106 cm³/mol. The lowest BCUT2D eigenvalue weighted by Gasteiger charge is -2.27. The molecule has 0 fully saturated rings. The summed E-state index contributed by atoms with van der Waals surface area (Å²) in [5.74, 6) is -1.27. The maximum atomic E-state index is 13.3. The van der Waals surface area contributed by atoms with E-state index in [4.69, 9.17) is 13.8 Å². The highest BCUT2D eigenvalue weighted by atomic mass is 31.2. The summed E-state index contributed by atoms with van der Waals surface area (Å²) in [5, 5.41) is 13.6. The minimum absolute atomic E-state index is 0.00189. The third kappa shape index (κ3) is 6.39. The van der Waals surface area contributed by atoms with Crippen LogP contribution in [-0.4, -0.2) is 24.2 Å². The molecule has 156 valence electrons. The van der Waals surface area contributed by atoms with E-state index in [2.05, 4.69) is 5.32 Å². The van der Waals surface area contributed by atoms with Gasteiger partial charge < -0.3 is 19.1 Å². The van der Waals surface area contributed by atoms with E-state index in [9.17, 15) is 19.5 Å². The molecule has 1 amide bonds. The Kier molecular flexibility index (Phi) is 8.33. The average Bonchev–Trinajstić information content (AvgIpc) is 2.71. The van der Waals surface area contributed by atoms with E-state index in [-0.39, 0.29) is 31.1 Å². The Labute approximate surface area is 168 Å². The van der Waals surface area contributed by atoms with Gasteiger partial charge in [-0.2, -0.15) is 0 Å². The first kappa shape index (κ1) is 22.5. The Morgan fingerprint density at radius 1 is 1.10 bits per heavy atom. The average molecular weight is 422 g/mol. The van der Waals surface area contributed by atoms with Crippen molar-refractivity contribution >= 4 is 19.4 Å². The Bertz CT molecular complexity index is 866. The van der Waals surface area contributed by atoms with Crippen LogP contribution in [0.25, 0.3) is 0 Å². The van der Waals surface area contributed by atoms with Crippen molar-refractivity contribution in [3.8, 4) is 0 Å². The molecule has 0 saturated carbocycles. The molecule has 29 heavy (non-hydrogen) atoms. The van der Waals surface area contributed by atoms with Gasteiger partial charge in [0.1, 0.15) is 6.61 Å². The van der Waals surface area contributed by atoms with Gasteiger partial charge >= 0.3 is 13.7 Å². The van der Waals surface area contributed by atoms with Crippen LogP contribution in [0.2, 0.25) is 0 Å². The Morgan fingerprint density at radius 3 is 2.34 bits per heavy atom. The lowest BCUT2D eigenvalue weighted by atomic mass is 10.2. The number of alkyl carbamates (subject to hydrolysis) is 1. The van der Waals surface area contributed by atoms with Gasteiger partial charge in [-0.1, -0.05) is 42.5 Å². The third-order valence-corrected chi connectivity index (χ3v) is 6.09. The molecule has 0 bridgehead atoms. The van der Waals surface area contributed by atoms with Crippen LogP contribution in [-0.2, 0) is 25.0 Å². The topological polar surface area (TPSA) is 117 Å². The van der Waals surface area contributed by atoms with E-state index in [1.165, 1.54) is 24.3 Å². The first-order valence-electron chi connectivity index (χ1n) is 9.00. The summed E-state index contributed by atoms with van der Waals surface area (Å²) in [5.41, 5.74) is 0.764. The van der Waals surface area contributed by atoms with Crippen LogP contribution >= 0.6 is 7.60 Å². The number of nitro benzene ring substituents is 1. The van der Waals surface area contributed by atoms with Crippen molar-refractivity contribution in [2.45, 2.75) is 26.2 Å². The van der Waals surface area contributed by atoms with E-state index in [0.29, 0.717) is 0 Å². The first-order chi connectivity index (χ1) is 13.9. The van der Waals surface area contributed by atoms with Crippen LogP contribution in [0.3, 0.4) is 0 Å². The number of hydrogen-bond donors (Lipinski definition) is 1. The van der Waals surface area contributed by atoms with Crippen molar-refractivity contribution in [3.05, 3.63) is 75.8 Å². The second kappa shape index (κ2) is 10.7. The molecule has 0 aliphatic rings. The molecule has 0 aromatic heterocycles. The number of hydrogen-bond acceptors (Lipinski definition) is 7. The van der Waals surface area contributed by atoms with Crippen molar-refractivity contribution in [1.29, 1.82) is 0 Å². The Balaban J connectivity index is 2.28. The smallest absolute Gasteiger partial charge is 0.408 e. The van der Waals surface area contributed by atoms with Crippen LogP contribution < -0.4 is 5.32 Å². The van der Waals surface area contributed by atoms with Crippen LogP contribution in [0.15, 0.2) is 54.6 Å². The fraction of sp³-hybridized carbons (Fsp3) is 0.316. The van der Waals surface area contributed by atoms with Crippen LogP contribution in [0.1, 0.15) is 30.8 Å². The largest absolute Gasteiger partial charge is 0.445 e. The van der Waals surface area contributed by atoms with Gasteiger partial charge in [-0.3, -0.25) is 14.7 Å². The first-order valence-corrected chi connectivity index (χ1v) is 10.6. The fourth-order valence-electron chi connectivity index (χ4n) is 2.58. The summed E-state index contributed by atoms with van der Waals surface area (Å²) in [6.45, 7) is 3.38. The van der Waals surface area contributed by atoms with Crippen molar-refractivity contribution in [2.24, 2.45) is 0 Å². The zero-order valence-electron chi connectivity index (χ0n) is 16.1. The number of nitrogens with one attached hydrogen (secondary N) is 1. The second-order valence-electron chi connectivity index (χ2n) is 5.84. The molecule has 0 saturated heterocycles. The number of carbonyl (C=O) groups is 1. The van der Waals surface area contributed by atoms with Gasteiger partial charge in [0.15, 0.2) is 5.78 Å². The summed E-state index contributed by atoms with van der Waals surface area (Å²) >= 11 is 0. The molecule has 0 unspecified atom stereocenters. The molecular weight excluding hydrogens is 399 g/mol. The summed E-state index contributed by atoms with van der Waals surface area (Å²) in [4.78, 5) is 22.9. The molecule has 10 heteroatoms. The normalized spacial score (nSPS) is 12.2. The van der Waals surface area contributed by atoms with Gasteiger partial charge in [-0.25, -0.2) is 4.79 Å². The van der Waals surface area contributed by atoms with Crippen LogP contribution in [0, 0.1) is 10.1 Å². The standard InChI is InChI=1S/C19H23N2O7P/c1-3-27-29(25,28-4-2)18(16-11-8-12-17(13-16)21(23)24)20-19(22)26-14-15-9-6-5-7-10-15/h5-13,18H,3-4,14H2,1-2H3,(H,20,22)/t18-/m0/s1. The van der Waals surface area contributed by atoms with Crippen molar-refractivity contribution in [2.75, 3.05) is 13.2 Å². The monoisotopic (exact) mass is 422 g/mol. The number of benzene rings is 2. The summed E-state index contributed by atoms with van der Waals surface area (Å²) in [6, 6.07) is 14.5. The van der Waals surface area contributed by atoms with Crippen molar-refractivity contribution < 1.29 is 28.1 Å². The molecule has 1 N–H and O–H groups in total. The van der Waals surface area contributed by atoms with E-state index < -0.39 is 24.4 Å². The molecule has 0 spiro atoms. The van der Waals surface area contributed by atoms with E-state index in [1.807, 2.05) is 6.07 Å². The van der Waals surface area contributed by atoms with Gasteiger partial charge in [-0.15, -0.1) is 0 Å². The third-order valence-electron chi connectivity index (χ3n) is 3.80. The summed E-state index contributed by atoms with van der Waals surface area (Å²) in [7, 11) is -3.89. The molecule has 0 aliphatic heterocycles. The van der Waals surface area contributed by atoms with E-state index in [0.717, 1.165) is 5.56 Å². The van der Waals surface area contributed by atoms with Gasteiger partial charge in [0, 0.05) is 12.1 Å². The van der Waals surface area contributed by atoms with E-state index in [1.54, 1.807) is 38.1 Å². The van der Waals surface area contributed by atoms with Gasteiger partial charge in [-0.05, 0) is 25.0 Å². The van der Waals surface area contributed by atoms with Gasteiger partial charge in [0.2, 0.25) is 0 Å². The number of nitro groups is 1. The molecule has 2 rings (SSSR count). The second-order valence-corrected chi connectivity index (χ2v) is 7.95. The molecule has 9 nitrogen and oxygen atoms in total. The molecule has 0 aliphatic carbocycles. The van der Waals surface area contributed by atoms with E-state index >= 15 is 0 Å². The number of ether oxygens (including phenoxy) is 1. The minimum Gasteiger partial charge on any atom is -0.445 e. The van der Waals surface area contributed by atoms with Gasteiger partial charge in [0.25, 0.3) is 5.69 Å². The lowest BCUT2D eigenvalue weighted by Crippen LogP contribution is -2.30. The Hall–Kier alpha value is -2.74. The molecule has 0 radical (unpaired) electrons. The maximum absolute atomic E-state index is 13.3. The zero-order valence-corrected chi connectivity index (χ0v) is 17.0. The highest BCUT2D eigenvalue weighted by Crippen LogP contribution is 2.59. The van der Waals surface area contributed by atoms with Crippen LogP contribution in [0.4, 0.5) is 10.5 Å². The number of nitrogens with zero attached hydrogens (tertiary/aromatic N) is 1.